The van der Waals surface area contributed by atoms with E-state index in [4.69, 9.17) is 14.2 Å². The second-order valence-corrected chi connectivity index (χ2v) is 12.5. The molecule has 0 amide bonds. The molecular formula is C31H52O6. The lowest BCUT2D eigenvalue weighted by Gasteiger charge is -2.22. The Bertz CT molecular complexity index is 818. The molecule has 6 atom stereocenters. The van der Waals surface area contributed by atoms with Crippen LogP contribution in [0.15, 0.2) is 23.3 Å². The van der Waals surface area contributed by atoms with Crippen molar-refractivity contribution in [3.05, 3.63) is 23.3 Å². The van der Waals surface area contributed by atoms with Crippen LogP contribution < -0.4 is 0 Å². The van der Waals surface area contributed by atoms with E-state index in [1.807, 2.05) is 33.8 Å². The molecule has 0 aromatic heterocycles. The monoisotopic (exact) mass is 520 g/mol. The van der Waals surface area contributed by atoms with E-state index in [1.54, 1.807) is 6.92 Å². The summed E-state index contributed by atoms with van der Waals surface area (Å²) in [4.78, 5) is 37.3. The van der Waals surface area contributed by atoms with Crippen LogP contribution in [0.25, 0.3) is 0 Å². The third-order valence-corrected chi connectivity index (χ3v) is 6.77. The van der Waals surface area contributed by atoms with E-state index >= 15 is 0 Å². The van der Waals surface area contributed by atoms with Crippen LogP contribution in [0.3, 0.4) is 0 Å². The van der Waals surface area contributed by atoms with Gasteiger partial charge < -0.3 is 14.2 Å². The zero-order valence-corrected chi connectivity index (χ0v) is 25.0. The van der Waals surface area contributed by atoms with Crippen molar-refractivity contribution in [1.29, 1.82) is 0 Å². The Morgan fingerprint density at radius 3 is 2.16 bits per heavy atom. The van der Waals surface area contributed by atoms with Gasteiger partial charge in [0.05, 0.1) is 12.5 Å². The highest BCUT2D eigenvalue weighted by molar-refractivity contribution is 5.90. The van der Waals surface area contributed by atoms with Crippen LogP contribution in [0.5, 0.6) is 0 Å². The van der Waals surface area contributed by atoms with E-state index in [-0.39, 0.29) is 13.0 Å². The maximum absolute atomic E-state index is 13.0. The van der Waals surface area contributed by atoms with Crippen molar-refractivity contribution >= 4 is 17.9 Å². The predicted octanol–water partition coefficient (Wildman–Crippen LogP) is 7.21. The Morgan fingerprint density at radius 1 is 1.03 bits per heavy atom. The van der Waals surface area contributed by atoms with Gasteiger partial charge in [-0.05, 0) is 83.1 Å². The number of carbonyl (C=O) groups is 3. The second-order valence-electron chi connectivity index (χ2n) is 12.5. The zero-order valence-electron chi connectivity index (χ0n) is 25.0. The lowest BCUT2D eigenvalue weighted by Crippen LogP contribution is -2.28. The summed E-state index contributed by atoms with van der Waals surface area (Å²) in [6.45, 7) is 20.9. The molecule has 1 rings (SSSR count). The first kappa shape index (κ1) is 32.9. The first-order valence-electron chi connectivity index (χ1n) is 14.1. The standard InChI is InChI=1S/C31H52O6/c1-11-20(2)14-21(3)15-22(4)16-23(5)17-24(6)18-26(29(33)37-31(8,9)10)19-25(7)28(32)36-27-12-13-35-30(27)34/h17-18,20-23,25,27H,11-16,19H2,1-10H3/b24-17+,26-18-/t20?,21?,22?,23?,25?,27-/m0/s1. The van der Waals surface area contributed by atoms with Crippen LogP contribution in [0.1, 0.15) is 108 Å². The fraction of sp³-hybridized carbons (Fsp3) is 0.774. The molecule has 1 fully saturated rings. The number of carbonyl (C=O) groups excluding carboxylic acids is 3. The number of esters is 3. The van der Waals surface area contributed by atoms with Crippen molar-refractivity contribution in [3.63, 3.8) is 0 Å². The SMILES string of the molecule is CCC(C)CC(C)CC(C)CC(C)/C=C(C)/C=C(/CC(C)C(=O)O[C@H]1CCOC1=O)C(=O)OC(C)(C)C. The van der Waals surface area contributed by atoms with Crippen LogP contribution in [0, 0.1) is 29.6 Å². The Hall–Kier alpha value is -2.11. The first-order valence-corrected chi connectivity index (χ1v) is 14.1. The Kier molecular flexibility index (Phi) is 13.6. The van der Waals surface area contributed by atoms with Crippen molar-refractivity contribution in [2.75, 3.05) is 6.61 Å². The summed E-state index contributed by atoms with van der Waals surface area (Å²) in [6.07, 6.45) is 8.49. The van der Waals surface area contributed by atoms with Crippen LogP contribution >= 0.6 is 0 Å². The number of cyclic esters (lactones) is 1. The molecule has 0 aromatic carbocycles. The van der Waals surface area contributed by atoms with Crippen molar-refractivity contribution in [3.8, 4) is 0 Å². The number of ether oxygens (including phenoxy) is 3. The summed E-state index contributed by atoms with van der Waals surface area (Å²) in [5.41, 5.74) is 0.734. The summed E-state index contributed by atoms with van der Waals surface area (Å²) in [5, 5.41) is 0. The Balaban J connectivity index is 2.90. The summed E-state index contributed by atoms with van der Waals surface area (Å²) in [6, 6.07) is 0. The molecule has 0 saturated carbocycles. The molecule has 0 radical (unpaired) electrons. The van der Waals surface area contributed by atoms with Crippen molar-refractivity contribution in [1.82, 2.24) is 0 Å². The summed E-state index contributed by atoms with van der Waals surface area (Å²) < 4.78 is 15.8. The van der Waals surface area contributed by atoms with Crippen LogP contribution in [0.2, 0.25) is 0 Å². The van der Waals surface area contributed by atoms with Gasteiger partial charge in [0.15, 0.2) is 0 Å². The third-order valence-electron chi connectivity index (χ3n) is 6.77. The topological polar surface area (TPSA) is 78.9 Å². The van der Waals surface area contributed by atoms with Gasteiger partial charge >= 0.3 is 17.9 Å². The minimum Gasteiger partial charge on any atom is -0.463 e. The number of hydrogen-bond donors (Lipinski definition) is 0. The van der Waals surface area contributed by atoms with E-state index in [0.29, 0.717) is 29.7 Å². The molecule has 1 aliphatic rings. The largest absolute Gasteiger partial charge is 0.463 e. The lowest BCUT2D eigenvalue weighted by atomic mass is 9.84. The quantitative estimate of drug-likeness (QED) is 0.104. The van der Waals surface area contributed by atoms with Gasteiger partial charge in [0.2, 0.25) is 6.10 Å². The Morgan fingerprint density at radius 2 is 1.62 bits per heavy atom. The predicted molar refractivity (Wildman–Crippen MR) is 148 cm³/mol. The van der Waals surface area contributed by atoms with Crippen LogP contribution in [-0.4, -0.2) is 36.2 Å². The van der Waals surface area contributed by atoms with E-state index in [9.17, 15) is 14.4 Å². The van der Waals surface area contributed by atoms with Crippen molar-refractivity contribution < 1.29 is 28.6 Å². The molecule has 1 aliphatic heterocycles. The third kappa shape index (κ3) is 13.3. The highest BCUT2D eigenvalue weighted by atomic mass is 16.6. The molecule has 0 aliphatic carbocycles. The highest BCUT2D eigenvalue weighted by Gasteiger charge is 2.32. The molecule has 5 unspecified atom stereocenters. The molecule has 1 saturated heterocycles. The van der Waals surface area contributed by atoms with Crippen LogP contribution in [-0.2, 0) is 28.6 Å². The van der Waals surface area contributed by atoms with Gasteiger partial charge in [-0.2, -0.15) is 0 Å². The summed E-state index contributed by atoms with van der Waals surface area (Å²) in [7, 11) is 0. The number of rotatable bonds is 14. The molecule has 37 heavy (non-hydrogen) atoms. The van der Waals surface area contributed by atoms with Gasteiger partial charge in [-0.1, -0.05) is 59.6 Å². The molecule has 0 N–H and O–H groups in total. The maximum Gasteiger partial charge on any atom is 0.347 e. The summed E-state index contributed by atoms with van der Waals surface area (Å²) in [5.74, 6) is 0.373. The summed E-state index contributed by atoms with van der Waals surface area (Å²) >= 11 is 0. The van der Waals surface area contributed by atoms with Crippen molar-refractivity contribution in [2.24, 2.45) is 29.6 Å². The molecular weight excluding hydrogens is 468 g/mol. The number of hydrogen-bond acceptors (Lipinski definition) is 6. The van der Waals surface area contributed by atoms with Crippen molar-refractivity contribution in [2.45, 2.75) is 119 Å². The van der Waals surface area contributed by atoms with E-state index in [0.717, 1.165) is 17.9 Å². The Labute approximate surface area is 225 Å². The van der Waals surface area contributed by atoms with Crippen LogP contribution in [0.4, 0.5) is 0 Å². The van der Waals surface area contributed by atoms with Gasteiger partial charge in [0.1, 0.15) is 5.60 Å². The fourth-order valence-electron chi connectivity index (χ4n) is 5.01. The molecule has 6 nitrogen and oxygen atoms in total. The van der Waals surface area contributed by atoms with E-state index in [2.05, 4.69) is 40.7 Å². The molecule has 6 heteroatoms. The zero-order chi connectivity index (χ0) is 28.3. The van der Waals surface area contributed by atoms with E-state index < -0.39 is 35.5 Å². The minimum atomic E-state index is -0.860. The van der Waals surface area contributed by atoms with Gasteiger partial charge in [0, 0.05) is 12.0 Å². The fourth-order valence-corrected chi connectivity index (χ4v) is 5.01. The molecule has 0 aromatic rings. The van der Waals surface area contributed by atoms with Gasteiger partial charge in [-0.25, -0.2) is 9.59 Å². The smallest absolute Gasteiger partial charge is 0.347 e. The molecule has 212 valence electrons. The van der Waals surface area contributed by atoms with E-state index in [1.165, 1.54) is 19.3 Å². The average molecular weight is 521 g/mol. The average Bonchev–Trinajstić information content (AvgIpc) is 3.15. The first-order chi connectivity index (χ1) is 17.1. The van der Waals surface area contributed by atoms with Gasteiger partial charge in [-0.3, -0.25) is 4.79 Å². The minimum absolute atomic E-state index is 0.165. The molecule has 1 heterocycles. The molecule has 0 bridgehead atoms. The maximum atomic E-state index is 13.0. The number of allylic oxidation sites excluding steroid dienone is 3. The van der Waals surface area contributed by atoms with Gasteiger partial charge in [0.25, 0.3) is 0 Å². The van der Waals surface area contributed by atoms with Gasteiger partial charge in [-0.15, -0.1) is 0 Å². The normalized spacial score (nSPS) is 21.0. The second kappa shape index (κ2) is 15.3. The highest BCUT2D eigenvalue weighted by Crippen LogP contribution is 2.27. The lowest BCUT2D eigenvalue weighted by molar-refractivity contribution is -0.163. The molecule has 0 spiro atoms.